The highest BCUT2D eigenvalue weighted by Gasteiger charge is 2.16. The molecule has 0 spiro atoms. The first-order valence-corrected chi connectivity index (χ1v) is 6.81. The van der Waals surface area contributed by atoms with Crippen molar-refractivity contribution in [2.45, 2.75) is 26.8 Å². The standard InChI is InChI=1S/C12H15N5O2S/c1-6-11(20-8(3)14-6)7(2)15-10-5-4-9(17(18)19)12(13)16-10/h4-5,7H,1-3H3,(H3,13,15,16). The van der Waals surface area contributed by atoms with E-state index >= 15 is 0 Å². The number of nitrogens with zero attached hydrogens (tertiary/aromatic N) is 3. The van der Waals surface area contributed by atoms with Gasteiger partial charge in [0.25, 0.3) is 0 Å². The third kappa shape index (κ3) is 2.85. The second-order valence-corrected chi connectivity index (χ2v) is 5.64. The van der Waals surface area contributed by atoms with E-state index in [9.17, 15) is 10.1 Å². The lowest BCUT2D eigenvalue weighted by Gasteiger charge is -2.13. The fourth-order valence-electron chi connectivity index (χ4n) is 1.94. The van der Waals surface area contributed by atoms with E-state index < -0.39 is 4.92 Å². The summed E-state index contributed by atoms with van der Waals surface area (Å²) in [5.74, 6) is 0.412. The van der Waals surface area contributed by atoms with Crippen molar-refractivity contribution in [1.29, 1.82) is 0 Å². The van der Waals surface area contributed by atoms with Crippen LogP contribution < -0.4 is 11.1 Å². The maximum Gasteiger partial charge on any atom is 0.311 e. The molecule has 2 aromatic heterocycles. The molecule has 106 valence electrons. The van der Waals surface area contributed by atoms with Gasteiger partial charge in [-0.25, -0.2) is 9.97 Å². The third-order valence-corrected chi connectivity index (χ3v) is 4.05. The summed E-state index contributed by atoms with van der Waals surface area (Å²) in [5.41, 5.74) is 6.36. The van der Waals surface area contributed by atoms with E-state index in [1.54, 1.807) is 17.4 Å². The smallest absolute Gasteiger partial charge is 0.311 e. The molecule has 0 saturated heterocycles. The average Bonchev–Trinajstić information content (AvgIpc) is 2.68. The lowest BCUT2D eigenvalue weighted by molar-refractivity contribution is -0.384. The first-order chi connectivity index (χ1) is 9.38. The molecule has 2 rings (SSSR count). The molecule has 0 saturated carbocycles. The molecule has 2 aromatic rings. The zero-order valence-corrected chi connectivity index (χ0v) is 12.2. The number of pyridine rings is 1. The van der Waals surface area contributed by atoms with Crippen LogP contribution in [0.15, 0.2) is 12.1 Å². The van der Waals surface area contributed by atoms with Crippen LogP contribution in [0.1, 0.15) is 28.5 Å². The summed E-state index contributed by atoms with van der Waals surface area (Å²) in [5, 5.41) is 14.9. The van der Waals surface area contributed by atoms with Crippen LogP contribution in [0, 0.1) is 24.0 Å². The molecule has 8 heteroatoms. The molecule has 0 aliphatic carbocycles. The van der Waals surface area contributed by atoms with Crippen LogP contribution in [-0.2, 0) is 0 Å². The molecule has 20 heavy (non-hydrogen) atoms. The molecule has 0 aliphatic heterocycles. The molecular weight excluding hydrogens is 278 g/mol. The highest BCUT2D eigenvalue weighted by atomic mass is 32.1. The Morgan fingerprint density at radius 2 is 2.10 bits per heavy atom. The van der Waals surface area contributed by atoms with Gasteiger partial charge in [-0.3, -0.25) is 10.1 Å². The number of nitrogens with two attached hydrogens (primary N) is 1. The van der Waals surface area contributed by atoms with Crippen LogP contribution in [0.3, 0.4) is 0 Å². The van der Waals surface area contributed by atoms with Crippen molar-refractivity contribution in [2.24, 2.45) is 0 Å². The van der Waals surface area contributed by atoms with Crippen LogP contribution in [0.25, 0.3) is 0 Å². The third-order valence-electron chi connectivity index (χ3n) is 2.80. The van der Waals surface area contributed by atoms with Gasteiger partial charge in [0.05, 0.1) is 21.7 Å². The molecule has 7 nitrogen and oxygen atoms in total. The van der Waals surface area contributed by atoms with E-state index in [-0.39, 0.29) is 17.5 Å². The number of rotatable bonds is 4. The van der Waals surface area contributed by atoms with Gasteiger partial charge in [0.15, 0.2) is 0 Å². The van der Waals surface area contributed by atoms with E-state index in [4.69, 9.17) is 5.73 Å². The summed E-state index contributed by atoms with van der Waals surface area (Å²) < 4.78 is 0. The quantitative estimate of drug-likeness (QED) is 0.663. The largest absolute Gasteiger partial charge is 0.378 e. The molecule has 2 heterocycles. The number of hydrogen-bond acceptors (Lipinski definition) is 7. The summed E-state index contributed by atoms with van der Waals surface area (Å²) in [6.45, 7) is 5.89. The summed E-state index contributed by atoms with van der Waals surface area (Å²) in [6, 6.07) is 2.91. The summed E-state index contributed by atoms with van der Waals surface area (Å²) in [4.78, 5) is 19.6. The Bertz CT molecular complexity index is 655. The molecule has 1 atom stereocenters. The number of aromatic nitrogens is 2. The minimum atomic E-state index is -0.549. The van der Waals surface area contributed by atoms with Crippen molar-refractivity contribution in [3.63, 3.8) is 0 Å². The van der Waals surface area contributed by atoms with Gasteiger partial charge in [0.2, 0.25) is 5.82 Å². The molecule has 1 unspecified atom stereocenters. The Kier molecular flexibility index (Phi) is 3.84. The number of anilines is 2. The highest BCUT2D eigenvalue weighted by Crippen LogP contribution is 2.28. The molecule has 0 bridgehead atoms. The number of hydrogen-bond donors (Lipinski definition) is 2. The Morgan fingerprint density at radius 1 is 1.40 bits per heavy atom. The van der Waals surface area contributed by atoms with Gasteiger partial charge in [-0.1, -0.05) is 0 Å². The van der Waals surface area contributed by atoms with Gasteiger partial charge in [-0.2, -0.15) is 0 Å². The summed E-state index contributed by atoms with van der Waals surface area (Å²) >= 11 is 1.61. The number of thiazole rings is 1. The fraction of sp³-hybridized carbons (Fsp3) is 0.333. The second-order valence-electron chi connectivity index (χ2n) is 4.41. The van der Waals surface area contributed by atoms with E-state index in [1.807, 2.05) is 20.8 Å². The van der Waals surface area contributed by atoms with Gasteiger partial charge >= 0.3 is 5.69 Å². The molecule has 0 fully saturated rings. The van der Waals surface area contributed by atoms with E-state index in [1.165, 1.54) is 6.07 Å². The molecule has 0 radical (unpaired) electrons. The number of aryl methyl sites for hydroxylation is 2. The minimum Gasteiger partial charge on any atom is -0.378 e. The molecule has 0 amide bonds. The van der Waals surface area contributed by atoms with E-state index in [2.05, 4.69) is 15.3 Å². The Labute approximate surface area is 120 Å². The van der Waals surface area contributed by atoms with Gasteiger partial charge < -0.3 is 11.1 Å². The van der Waals surface area contributed by atoms with Crippen LogP contribution in [0.5, 0.6) is 0 Å². The monoisotopic (exact) mass is 293 g/mol. The van der Waals surface area contributed by atoms with Gasteiger partial charge in [0.1, 0.15) is 5.82 Å². The Balaban J connectivity index is 2.20. The van der Waals surface area contributed by atoms with Crippen molar-refractivity contribution in [1.82, 2.24) is 9.97 Å². The fourth-order valence-corrected chi connectivity index (χ4v) is 2.87. The van der Waals surface area contributed by atoms with Gasteiger partial charge in [0, 0.05) is 10.9 Å². The Hall–Kier alpha value is -2.22. The topological polar surface area (TPSA) is 107 Å². The van der Waals surface area contributed by atoms with Crippen molar-refractivity contribution in [3.8, 4) is 0 Å². The molecule has 3 N–H and O–H groups in total. The van der Waals surface area contributed by atoms with Crippen LogP contribution in [-0.4, -0.2) is 14.9 Å². The number of nitro groups is 1. The van der Waals surface area contributed by atoms with Crippen LogP contribution >= 0.6 is 11.3 Å². The predicted molar refractivity (Wildman–Crippen MR) is 78.9 cm³/mol. The van der Waals surface area contributed by atoms with Crippen LogP contribution in [0.2, 0.25) is 0 Å². The SMILES string of the molecule is Cc1nc(C)c(C(C)Nc2ccc([N+](=O)[O-])c(N)n2)s1. The van der Waals surface area contributed by atoms with Crippen molar-refractivity contribution >= 4 is 28.7 Å². The lowest BCUT2D eigenvalue weighted by Crippen LogP contribution is -2.09. The zero-order valence-electron chi connectivity index (χ0n) is 11.4. The summed E-state index contributed by atoms with van der Waals surface area (Å²) in [7, 11) is 0. The first-order valence-electron chi connectivity index (χ1n) is 6.00. The van der Waals surface area contributed by atoms with Gasteiger partial charge in [-0.15, -0.1) is 11.3 Å². The van der Waals surface area contributed by atoms with Gasteiger partial charge in [-0.05, 0) is 26.8 Å². The zero-order chi connectivity index (χ0) is 14.9. The predicted octanol–water partition coefficient (Wildman–Crippen LogP) is 2.82. The normalized spacial score (nSPS) is 12.2. The maximum absolute atomic E-state index is 10.7. The second kappa shape index (κ2) is 5.41. The Morgan fingerprint density at radius 3 is 2.60 bits per heavy atom. The average molecular weight is 293 g/mol. The molecular formula is C12H15N5O2S. The van der Waals surface area contributed by atoms with Crippen molar-refractivity contribution in [3.05, 3.63) is 37.8 Å². The van der Waals surface area contributed by atoms with E-state index in [0.29, 0.717) is 5.82 Å². The highest BCUT2D eigenvalue weighted by molar-refractivity contribution is 7.11. The lowest BCUT2D eigenvalue weighted by atomic mass is 10.2. The van der Waals surface area contributed by atoms with E-state index in [0.717, 1.165) is 15.6 Å². The molecule has 0 aliphatic rings. The molecule has 0 aromatic carbocycles. The minimum absolute atomic E-state index is 0.00885. The van der Waals surface area contributed by atoms with Crippen molar-refractivity contribution < 1.29 is 4.92 Å². The van der Waals surface area contributed by atoms with Crippen molar-refractivity contribution in [2.75, 3.05) is 11.1 Å². The summed E-state index contributed by atoms with van der Waals surface area (Å²) in [6.07, 6.45) is 0. The first kappa shape index (κ1) is 14.2. The number of nitrogen functional groups attached to an aromatic ring is 1. The number of nitrogens with one attached hydrogen (secondary N) is 1. The maximum atomic E-state index is 10.7. The van der Waals surface area contributed by atoms with Crippen LogP contribution in [0.4, 0.5) is 17.3 Å².